The third-order valence-corrected chi connectivity index (χ3v) is 4.55. The number of amides is 1. The van der Waals surface area contributed by atoms with Crippen LogP contribution in [-0.4, -0.2) is 46.0 Å². The van der Waals surface area contributed by atoms with E-state index in [2.05, 4.69) is 0 Å². The van der Waals surface area contributed by atoms with Gasteiger partial charge in [-0.05, 0) is 30.2 Å². The number of thioether (sulfide) groups is 1. The maximum Gasteiger partial charge on any atom is 0.321 e. The Balaban J connectivity index is 2.16. The number of primary amides is 1. The number of rotatable bonds is 4. The molecule has 1 aromatic rings. The van der Waals surface area contributed by atoms with Crippen LogP contribution in [0, 0.1) is 6.92 Å². The molecule has 3 N–H and O–H groups in total. The Labute approximate surface area is 122 Å². The molecule has 1 aliphatic rings. The number of carbonyl (C=O) groups is 2. The third-order valence-electron chi connectivity index (χ3n) is 3.52. The van der Waals surface area contributed by atoms with Gasteiger partial charge in [0.2, 0.25) is 5.91 Å². The maximum atomic E-state index is 11.3. The molecule has 1 fully saturated rings. The molecule has 0 spiro atoms. The Bertz CT molecular complexity index is 533. The van der Waals surface area contributed by atoms with E-state index >= 15 is 0 Å². The second-order valence-corrected chi connectivity index (χ2v) is 6.05. The SMILES string of the molecule is Cc1cc(C(N)=O)ccc1CN1CCSCC1C(=O)O. The highest BCUT2D eigenvalue weighted by atomic mass is 32.2. The van der Waals surface area contributed by atoms with Crippen molar-refractivity contribution in [1.29, 1.82) is 0 Å². The van der Waals surface area contributed by atoms with Crippen molar-refractivity contribution in [2.24, 2.45) is 5.73 Å². The van der Waals surface area contributed by atoms with Crippen LogP contribution in [0.3, 0.4) is 0 Å². The fourth-order valence-electron chi connectivity index (χ4n) is 2.30. The van der Waals surface area contributed by atoms with Crippen molar-refractivity contribution < 1.29 is 14.7 Å². The van der Waals surface area contributed by atoms with Gasteiger partial charge in [-0.25, -0.2) is 0 Å². The lowest BCUT2D eigenvalue weighted by atomic mass is 10.0. The minimum absolute atomic E-state index is 0.441. The van der Waals surface area contributed by atoms with Crippen molar-refractivity contribution in [3.63, 3.8) is 0 Å². The normalized spacial score (nSPS) is 19.8. The van der Waals surface area contributed by atoms with Crippen molar-refractivity contribution in [2.45, 2.75) is 19.5 Å². The number of hydrogen-bond acceptors (Lipinski definition) is 4. The zero-order valence-corrected chi connectivity index (χ0v) is 12.2. The number of aliphatic carboxylic acids is 1. The van der Waals surface area contributed by atoms with Crippen molar-refractivity contribution in [3.8, 4) is 0 Å². The number of hydrogen-bond donors (Lipinski definition) is 2. The molecule has 5 nitrogen and oxygen atoms in total. The summed E-state index contributed by atoms with van der Waals surface area (Å²) in [7, 11) is 0. The second kappa shape index (κ2) is 6.28. The fraction of sp³-hybridized carbons (Fsp3) is 0.429. The molecule has 0 bridgehead atoms. The highest BCUT2D eigenvalue weighted by Gasteiger charge is 2.28. The number of carbonyl (C=O) groups excluding carboxylic acids is 1. The molecule has 0 aromatic heterocycles. The molecule has 1 saturated heterocycles. The van der Waals surface area contributed by atoms with Gasteiger partial charge in [-0.15, -0.1) is 0 Å². The van der Waals surface area contributed by atoms with E-state index in [0.717, 1.165) is 23.4 Å². The van der Waals surface area contributed by atoms with Crippen LogP contribution >= 0.6 is 11.8 Å². The summed E-state index contributed by atoms with van der Waals surface area (Å²) in [5.74, 6) is 0.344. The van der Waals surface area contributed by atoms with Crippen LogP contribution in [0.1, 0.15) is 21.5 Å². The standard InChI is InChI=1S/C14H18N2O3S/c1-9-6-10(13(15)17)2-3-11(9)7-16-4-5-20-8-12(16)14(18)19/h2-3,6,12H,4-5,7-8H2,1H3,(H2,15,17)(H,18,19). The van der Waals surface area contributed by atoms with E-state index in [1.54, 1.807) is 23.9 Å². The van der Waals surface area contributed by atoms with Gasteiger partial charge in [0.05, 0.1) is 0 Å². The molecule has 1 amide bonds. The van der Waals surface area contributed by atoms with Crippen LogP contribution in [0.15, 0.2) is 18.2 Å². The summed E-state index contributed by atoms with van der Waals surface area (Å²) in [6.45, 7) is 3.26. The highest BCUT2D eigenvalue weighted by molar-refractivity contribution is 7.99. The summed E-state index contributed by atoms with van der Waals surface area (Å²) in [5, 5.41) is 9.26. The zero-order chi connectivity index (χ0) is 14.7. The lowest BCUT2D eigenvalue weighted by Gasteiger charge is -2.32. The first-order valence-corrected chi connectivity index (χ1v) is 7.58. The van der Waals surface area contributed by atoms with E-state index in [4.69, 9.17) is 5.73 Å². The van der Waals surface area contributed by atoms with Crippen LogP contribution in [0.2, 0.25) is 0 Å². The molecule has 6 heteroatoms. The number of nitrogens with two attached hydrogens (primary N) is 1. The number of carboxylic acids is 1. The molecule has 1 atom stereocenters. The van der Waals surface area contributed by atoms with Gasteiger partial charge in [0, 0.05) is 30.2 Å². The maximum absolute atomic E-state index is 11.3. The summed E-state index contributed by atoms with van der Waals surface area (Å²) in [5.41, 5.74) is 7.73. The van der Waals surface area contributed by atoms with Crippen molar-refractivity contribution in [2.75, 3.05) is 18.1 Å². The van der Waals surface area contributed by atoms with Crippen LogP contribution in [0.5, 0.6) is 0 Å². The Hall–Kier alpha value is -1.53. The quantitative estimate of drug-likeness (QED) is 0.868. The molecular weight excluding hydrogens is 276 g/mol. The summed E-state index contributed by atoms with van der Waals surface area (Å²) in [4.78, 5) is 24.4. The fourth-order valence-corrected chi connectivity index (χ4v) is 3.41. The van der Waals surface area contributed by atoms with Gasteiger partial charge in [0.15, 0.2) is 0 Å². The van der Waals surface area contributed by atoms with E-state index in [0.29, 0.717) is 17.9 Å². The van der Waals surface area contributed by atoms with E-state index < -0.39 is 17.9 Å². The van der Waals surface area contributed by atoms with Gasteiger partial charge in [-0.2, -0.15) is 11.8 Å². The Morgan fingerprint density at radius 3 is 2.85 bits per heavy atom. The van der Waals surface area contributed by atoms with Crippen molar-refractivity contribution >= 4 is 23.6 Å². The van der Waals surface area contributed by atoms with Crippen molar-refractivity contribution in [1.82, 2.24) is 4.90 Å². The van der Waals surface area contributed by atoms with E-state index in [1.165, 1.54) is 0 Å². The van der Waals surface area contributed by atoms with Gasteiger partial charge >= 0.3 is 5.97 Å². The van der Waals surface area contributed by atoms with Gasteiger partial charge in [0.1, 0.15) is 6.04 Å². The second-order valence-electron chi connectivity index (χ2n) is 4.90. The third kappa shape index (κ3) is 3.32. The average Bonchev–Trinajstić information content (AvgIpc) is 2.41. The number of nitrogens with zero attached hydrogens (tertiary/aromatic N) is 1. The molecular formula is C14H18N2O3S. The smallest absolute Gasteiger partial charge is 0.321 e. The Morgan fingerprint density at radius 1 is 1.50 bits per heavy atom. The lowest BCUT2D eigenvalue weighted by Crippen LogP contribution is -2.46. The predicted molar refractivity (Wildman–Crippen MR) is 78.9 cm³/mol. The Morgan fingerprint density at radius 2 is 2.25 bits per heavy atom. The minimum atomic E-state index is -0.774. The minimum Gasteiger partial charge on any atom is -0.480 e. The summed E-state index contributed by atoms with van der Waals surface area (Å²) < 4.78 is 0. The zero-order valence-electron chi connectivity index (χ0n) is 11.3. The van der Waals surface area contributed by atoms with Gasteiger partial charge in [-0.1, -0.05) is 6.07 Å². The van der Waals surface area contributed by atoms with Crippen LogP contribution in [0.4, 0.5) is 0 Å². The van der Waals surface area contributed by atoms with Gasteiger partial charge in [0.25, 0.3) is 0 Å². The number of aryl methyl sites for hydroxylation is 1. The Kier molecular flexibility index (Phi) is 4.67. The molecule has 1 unspecified atom stereocenters. The molecule has 1 aromatic carbocycles. The van der Waals surface area contributed by atoms with Gasteiger partial charge in [-0.3, -0.25) is 14.5 Å². The molecule has 1 heterocycles. The van der Waals surface area contributed by atoms with Crippen molar-refractivity contribution in [3.05, 3.63) is 34.9 Å². The summed E-state index contributed by atoms with van der Waals surface area (Å²) in [6.07, 6.45) is 0. The predicted octanol–water partition coefficient (Wildman–Crippen LogP) is 1.10. The van der Waals surface area contributed by atoms with E-state index in [1.807, 2.05) is 17.9 Å². The van der Waals surface area contributed by atoms with Crippen LogP contribution < -0.4 is 5.73 Å². The molecule has 108 valence electrons. The van der Waals surface area contributed by atoms with E-state index in [-0.39, 0.29) is 0 Å². The molecule has 0 radical (unpaired) electrons. The molecule has 20 heavy (non-hydrogen) atoms. The topological polar surface area (TPSA) is 83.6 Å². The van der Waals surface area contributed by atoms with E-state index in [9.17, 15) is 14.7 Å². The molecule has 0 aliphatic carbocycles. The first-order chi connectivity index (χ1) is 9.49. The molecule has 1 aliphatic heterocycles. The highest BCUT2D eigenvalue weighted by Crippen LogP contribution is 2.21. The summed E-state index contributed by atoms with van der Waals surface area (Å²) >= 11 is 1.67. The lowest BCUT2D eigenvalue weighted by molar-refractivity contribution is -0.142. The van der Waals surface area contributed by atoms with Gasteiger partial charge < -0.3 is 10.8 Å². The number of benzene rings is 1. The largest absolute Gasteiger partial charge is 0.480 e. The monoisotopic (exact) mass is 294 g/mol. The molecule has 0 saturated carbocycles. The average molecular weight is 294 g/mol. The first-order valence-electron chi connectivity index (χ1n) is 6.43. The summed E-state index contributed by atoms with van der Waals surface area (Å²) in [6, 6.07) is 4.87. The molecule has 2 rings (SSSR count). The number of carboxylic acid groups (broad SMARTS) is 1. The van der Waals surface area contributed by atoms with Crippen LogP contribution in [0.25, 0.3) is 0 Å². The first kappa shape index (κ1) is 14.9. The van der Waals surface area contributed by atoms with Crippen LogP contribution in [-0.2, 0) is 11.3 Å².